The third-order valence-electron chi connectivity index (χ3n) is 6.77. The molecule has 3 rings (SSSR count). The van der Waals surface area contributed by atoms with Gasteiger partial charge in [-0.25, -0.2) is 4.79 Å². The van der Waals surface area contributed by atoms with Gasteiger partial charge in [0.15, 0.2) is 0 Å². The van der Waals surface area contributed by atoms with E-state index in [9.17, 15) is 9.59 Å². The lowest BCUT2D eigenvalue weighted by Gasteiger charge is -2.44. The smallest absolute Gasteiger partial charge is 0.407 e. The second kappa shape index (κ2) is 9.07. The largest absolute Gasteiger partial charge is 0.453 e. The van der Waals surface area contributed by atoms with Crippen LogP contribution in [0.15, 0.2) is 0 Å². The molecular formula is C20H35N3O3. The summed E-state index contributed by atoms with van der Waals surface area (Å²) in [6, 6.07) is 0.875. The van der Waals surface area contributed by atoms with Gasteiger partial charge in [-0.1, -0.05) is 19.8 Å². The first-order valence-electron chi connectivity index (χ1n) is 10.4. The molecule has 0 spiro atoms. The summed E-state index contributed by atoms with van der Waals surface area (Å²) in [7, 11) is 1.40. The first kappa shape index (κ1) is 19.5. The summed E-state index contributed by atoms with van der Waals surface area (Å²) in [4.78, 5) is 24.3. The van der Waals surface area contributed by atoms with Crippen LogP contribution in [0, 0.1) is 17.8 Å². The van der Waals surface area contributed by atoms with Crippen molar-refractivity contribution < 1.29 is 14.3 Å². The molecule has 2 amide bonds. The number of amides is 2. The van der Waals surface area contributed by atoms with Crippen molar-refractivity contribution in [1.82, 2.24) is 16.0 Å². The summed E-state index contributed by atoms with van der Waals surface area (Å²) in [5, 5.41) is 10.0. The Labute approximate surface area is 157 Å². The first-order chi connectivity index (χ1) is 12.6. The minimum Gasteiger partial charge on any atom is -0.453 e. The molecule has 0 aromatic rings. The van der Waals surface area contributed by atoms with Crippen LogP contribution >= 0.6 is 0 Å². The maximum Gasteiger partial charge on any atom is 0.407 e. The summed E-state index contributed by atoms with van der Waals surface area (Å²) in [6.45, 7) is 3.13. The third kappa shape index (κ3) is 4.90. The maximum absolute atomic E-state index is 12.7. The zero-order valence-electron chi connectivity index (χ0n) is 16.3. The van der Waals surface area contributed by atoms with Gasteiger partial charge in [-0.2, -0.15) is 0 Å². The van der Waals surface area contributed by atoms with Gasteiger partial charge in [-0.3, -0.25) is 4.79 Å². The molecule has 6 atom stereocenters. The van der Waals surface area contributed by atoms with Gasteiger partial charge in [0.25, 0.3) is 0 Å². The van der Waals surface area contributed by atoms with Gasteiger partial charge < -0.3 is 20.7 Å². The first-order valence-corrected chi connectivity index (χ1v) is 10.4. The number of hydrogen-bond donors (Lipinski definition) is 3. The van der Waals surface area contributed by atoms with Crippen LogP contribution in [0.25, 0.3) is 0 Å². The van der Waals surface area contributed by atoms with Gasteiger partial charge in [-0.15, -0.1) is 0 Å². The minimum atomic E-state index is -0.372. The van der Waals surface area contributed by atoms with Crippen LogP contribution in [0.3, 0.4) is 0 Å². The molecule has 2 bridgehead atoms. The second-order valence-corrected chi connectivity index (χ2v) is 8.55. The van der Waals surface area contributed by atoms with Crippen LogP contribution in [0.5, 0.6) is 0 Å². The molecule has 0 radical (unpaired) electrons. The molecule has 3 N–H and O–H groups in total. The Balaban J connectivity index is 1.73. The van der Waals surface area contributed by atoms with Crippen LogP contribution in [0.4, 0.5) is 4.79 Å². The zero-order valence-corrected chi connectivity index (χ0v) is 16.3. The standard InChI is InChI=1S/C20H35N3O3/c1-13-5-3-4-6-15-11-14(9-10-21-15)17-8-7-16(22-20(25)26-2)12-18(17)23-19(13)24/h13-18,21H,3-12H2,1-2H3,(H,22,25)(H,23,24)/t13-,14-,15-,16-,17-,18-/m0/s1. The number of alkyl carbamates (subject to hydrolysis) is 1. The van der Waals surface area contributed by atoms with Gasteiger partial charge in [0.2, 0.25) is 5.91 Å². The minimum absolute atomic E-state index is 0.0665. The van der Waals surface area contributed by atoms with Gasteiger partial charge >= 0.3 is 6.09 Å². The quantitative estimate of drug-likeness (QED) is 0.667. The average Bonchev–Trinajstić information content (AvgIpc) is 2.64. The van der Waals surface area contributed by atoms with E-state index in [1.807, 2.05) is 6.92 Å². The third-order valence-corrected chi connectivity index (χ3v) is 6.77. The lowest BCUT2D eigenvalue weighted by Crippen LogP contribution is -2.54. The molecule has 148 valence electrons. The fraction of sp³-hybridized carbons (Fsp3) is 0.900. The van der Waals surface area contributed by atoms with Crippen LogP contribution < -0.4 is 16.0 Å². The molecule has 3 fully saturated rings. The Bertz CT molecular complexity index is 499. The normalized spacial score (nSPS) is 38.8. The summed E-state index contributed by atoms with van der Waals surface area (Å²) < 4.78 is 4.76. The van der Waals surface area contributed by atoms with Crippen LogP contribution in [0.2, 0.25) is 0 Å². The van der Waals surface area contributed by atoms with Gasteiger partial charge in [-0.05, 0) is 63.3 Å². The van der Waals surface area contributed by atoms with Crippen LogP contribution in [-0.2, 0) is 9.53 Å². The highest BCUT2D eigenvalue weighted by molar-refractivity contribution is 5.78. The van der Waals surface area contributed by atoms with Crippen molar-refractivity contribution in [2.24, 2.45) is 17.8 Å². The van der Waals surface area contributed by atoms with Crippen LogP contribution in [0.1, 0.15) is 64.7 Å². The highest BCUT2D eigenvalue weighted by Crippen LogP contribution is 2.37. The molecule has 2 saturated heterocycles. The van der Waals surface area contributed by atoms with E-state index in [1.165, 1.54) is 32.8 Å². The monoisotopic (exact) mass is 365 g/mol. The number of rotatable bonds is 1. The Morgan fingerprint density at radius 3 is 2.73 bits per heavy atom. The lowest BCUT2D eigenvalue weighted by atomic mass is 9.70. The Hall–Kier alpha value is -1.30. The fourth-order valence-corrected chi connectivity index (χ4v) is 5.23. The molecule has 1 aliphatic carbocycles. The Kier molecular flexibility index (Phi) is 6.79. The number of nitrogens with one attached hydrogen (secondary N) is 3. The van der Waals surface area contributed by atoms with Gasteiger partial charge in [0.1, 0.15) is 0 Å². The second-order valence-electron chi connectivity index (χ2n) is 8.55. The van der Waals surface area contributed by atoms with Gasteiger partial charge in [0, 0.05) is 24.0 Å². The number of ether oxygens (including phenoxy) is 1. The highest BCUT2D eigenvalue weighted by atomic mass is 16.5. The summed E-state index contributed by atoms with van der Waals surface area (Å²) >= 11 is 0. The van der Waals surface area contributed by atoms with Crippen molar-refractivity contribution in [1.29, 1.82) is 0 Å². The number of hydrogen-bond acceptors (Lipinski definition) is 4. The lowest BCUT2D eigenvalue weighted by molar-refractivity contribution is -0.126. The number of piperidine rings is 1. The molecule has 1 saturated carbocycles. The summed E-state index contributed by atoms with van der Waals surface area (Å²) in [6.07, 6.45) is 9.41. The van der Waals surface area contributed by atoms with Crippen molar-refractivity contribution in [2.45, 2.75) is 82.8 Å². The molecule has 2 aliphatic heterocycles. The van der Waals surface area contributed by atoms with E-state index in [0.29, 0.717) is 17.9 Å². The van der Waals surface area contributed by atoms with Gasteiger partial charge in [0.05, 0.1) is 7.11 Å². The molecule has 2 heterocycles. The van der Waals surface area contributed by atoms with Crippen molar-refractivity contribution >= 4 is 12.0 Å². The maximum atomic E-state index is 12.7. The van der Waals surface area contributed by atoms with E-state index in [2.05, 4.69) is 16.0 Å². The molecule has 6 nitrogen and oxygen atoms in total. The topological polar surface area (TPSA) is 79.5 Å². The molecule has 3 aliphatic rings. The van der Waals surface area contributed by atoms with Crippen molar-refractivity contribution in [3.05, 3.63) is 0 Å². The Morgan fingerprint density at radius 1 is 1.12 bits per heavy atom. The number of methoxy groups -OCH3 is 1. The van der Waals surface area contributed by atoms with Crippen molar-refractivity contribution in [3.8, 4) is 0 Å². The average molecular weight is 366 g/mol. The molecular weight excluding hydrogens is 330 g/mol. The summed E-state index contributed by atoms with van der Waals surface area (Å²) in [5.41, 5.74) is 0. The van der Waals surface area contributed by atoms with E-state index < -0.39 is 0 Å². The summed E-state index contributed by atoms with van der Waals surface area (Å²) in [5.74, 6) is 1.44. The van der Waals surface area contributed by atoms with Crippen LogP contribution in [-0.4, -0.2) is 43.8 Å². The number of fused-ring (bicyclic) bond motifs is 4. The molecule has 0 aromatic heterocycles. The fourth-order valence-electron chi connectivity index (χ4n) is 5.23. The van der Waals surface area contributed by atoms with E-state index in [1.54, 1.807) is 0 Å². The van der Waals surface area contributed by atoms with E-state index in [-0.39, 0.29) is 30.0 Å². The van der Waals surface area contributed by atoms with E-state index in [4.69, 9.17) is 4.74 Å². The predicted octanol–water partition coefficient (Wildman–Crippen LogP) is 2.57. The zero-order chi connectivity index (χ0) is 18.5. The molecule has 6 heteroatoms. The highest BCUT2D eigenvalue weighted by Gasteiger charge is 2.39. The number of carbonyl (C=O) groups is 2. The molecule has 26 heavy (non-hydrogen) atoms. The van der Waals surface area contributed by atoms with E-state index in [0.717, 1.165) is 38.6 Å². The molecule has 0 aromatic carbocycles. The predicted molar refractivity (Wildman–Crippen MR) is 101 cm³/mol. The SMILES string of the molecule is COC(=O)N[C@H]1CC[C@H]2[C@H]3CCN[C@@H](CCCC[C@H](C)C(=O)N[C@H]2C1)C3. The number of carbonyl (C=O) groups excluding carboxylic acids is 2. The van der Waals surface area contributed by atoms with Crippen molar-refractivity contribution in [2.75, 3.05) is 13.7 Å². The van der Waals surface area contributed by atoms with E-state index >= 15 is 0 Å². The Morgan fingerprint density at radius 2 is 1.92 bits per heavy atom. The molecule has 0 unspecified atom stereocenters. The van der Waals surface area contributed by atoms with Crippen molar-refractivity contribution in [3.63, 3.8) is 0 Å².